The van der Waals surface area contributed by atoms with E-state index in [-0.39, 0.29) is 5.91 Å². The van der Waals surface area contributed by atoms with Crippen LogP contribution in [0.2, 0.25) is 5.02 Å². The van der Waals surface area contributed by atoms with Crippen LogP contribution in [-0.2, 0) is 11.3 Å². The van der Waals surface area contributed by atoms with Crippen LogP contribution in [0.15, 0.2) is 48.5 Å². The molecule has 1 saturated heterocycles. The second-order valence-corrected chi connectivity index (χ2v) is 8.96. The van der Waals surface area contributed by atoms with Crippen LogP contribution < -0.4 is 5.32 Å². The highest BCUT2D eigenvalue weighted by Crippen LogP contribution is 2.23. The van der Waals surface area contributed by atoms with Gasteiger partial charge < -0.3 is 5.32 Å². The van der Waals surface area contributed by atoms with Crippen LogP contribution >= 0.6 is 11.6 Å². The molecule has 1 aliphatic rings. The van der Waals surface area contributed by atoms with E-state index >= 15 is 0 Å². The van der Waals surface area contributed by atoms with Gasteiger partial charge in [-0.05, 0) is 50.6 Å². The average molecular weight is 452 g/mol. The van der Waals surface area contributed by atoms with Crippen LogP contribution in [0.5, 0.6) is 0 Å². The van der Waals surface area contributed by atoms with Gasteiger partial charge in [-0.15, -0.1) is 0 Å². The SMILES string of the molecule is Cc1ccc(-n2nc(C)c(NC(=O)CN3CCN(Cc4ccc(Cl)cc4)CC3)c2C)cc1. The molecule has 6 nitrogen and oxygen atoms in total. The summed E-state index contributed by atoms with van der Waals surface area (Å²) in [5, 5.41) is 8.50. The van der Waals surface area contributed by atoms with E-state index in [1.807, 2.05) is 42.8 Å². The maximum atomic E-state index is 12.8. The van der Waals surface area contributed by atoms with E-state index in [2.05, 4.69) is 51.4 Å². The molecule has 3 aromatic rings. The number of anilines is 1. The second-order valence-electron chi connectivity index (χ2n) is 8.52. The molecule has 4 rings (SSSR count). The van der Waals surface area contributed by atoms with Crippen molar-refractivity contribution in [3.8, 4) is 5.69 Å². The van der Waals surface area contributed by atoms with Crippen molar-refractivity contribution in [2.75, 3.05) is 38.0 Å². The van der Waals surface area contributed by atoms with Gasteiger partial charge in [0.05, 0.1) is 29.3 Å². The van der Waals surface area contributed by atoms with Gasteiger partial charge in [-0.3, -0.25) is 14.6 Å². The zero-order valence-corrected chi connectivity index (χ0v) is 19.7. The lowest BCUT2D eigenvalue weighted by Gasteiger charge is -2.34. The fourth-order valence-corrected chi connectivity index (χ4v) is 4.22. The summed E-state index contributed by atoms with van der Waals surface area (Å²) in [6.07, 6.45) is 0. The summed E-state index contributed by atoms with van der Waals surface area (Å²) in [5.74, 6) is 0.00538. The maximum Gasteiger partial charge on any atom is 0.238 e. The maximum absolute atomic E-state index is 12.8. The van der Waals surface area contributed by atoms with E-state index in [1.54, 1.807) is 0 Å². The monoisotopic (exact) mass is 451 g/mol. The summed E-state index contributed by atoms with van der Waals surface area (Å²) in [4.78, 5) is 17.4. The Morgan fingerprint density at radius 1 is 0.938 bits per heavy atom. The van der Waals surface area contributed by atoms with E-state index in [4.69, 9.17) is 11.6 Å². The van der Waals surface area contributed by atoms with Crippen LogP contribution in [0, 0.1) is 20.8 Å². The number of aromatic nitrogens is 2. The van der Waals surface area contributed by atoms with Crippen LogP contribution in [0.3, 0.4) is 0 Å². The van der Waals surface area contributed by atoms with Gasteiger partial charge in [-0.1, -0.05) is 41.4 Å². The van der Waals surface area contributed by atoms with Gasteiger partial charge in [-0.2, -0.15) is 5.10 Å². The van der Waals surface area contributed by atoms with Gasteiger partial charge in [0.15, 0.2) is 0 Å². The minimum atomic E-state index is 0.00538. The zero-order valence-electron chi connectivity index (χ0n) is 18.9. The number of piperazine rings is 1. The first-order chi connectivity index (χ1) is 15.4. The number of hydrogen-bond donors (Lipinski definition) is 1. The molecule has 1 aliphatic heterocycles. The largest absolute Gasteiger partial charge is 0.322 e. The zero-order chi connectivity index (χ0) is 22.7. The van der Waals surface area contributed by atoms with Crippen molar-refractivity contribution in [3.63, 3.8) is 0 Å². The topological polar surface area (TPSA) is 53.4 Å². The Labute approximate surface area is 194 Å². The lowest BCUT2D eigenvalue weighted by atomic mass is 10.2. The molecule has 7 heteroatoms. The van der Waals surface area contributed by atoms with Crippen LogP contribution in [0.4, 0.5) is 5.69 Å². The molecule has 0 unspecified atom stereocenters. The van der Waals surface area contributed by atoms with Gasteiger partial charge >= 0.3 is 0 Å². The fourth-order valence-electron chi connectivity index (χ4n) is 4.10. The first kappa shape index (κ1) is 22.5. The van der Waals surface area contributed by atoms with Crippen molar-refractivity contribution in [2.45, 2.75) is 27.3 Å². The summed E-state index contributed by atoms with van der Waals surface area (Å²) in [6.45, 7) is 10.9. The Hall–Kier alpha value is -2.67. The quantitative estimate of drug-likeness (QED) is 0.610. The number of rotatable bonds is 6. The first-order valence-electron chi connectivity index (χ1n) is 11.0. The molecular formula is C25H30ClN5O. The minimum Gasteiger partial charge on any atom is -0.322 e. The number of amides is 1. The van der Waals surface area contributed by atoms with Crippen molar-refractivity contribution in [3.05, 3.63) is 76.1 Å². The van der Waals surface area contributed by atoms with Gasteiger partial charge in [0.2, 0.25) is 5.91 Å². The average Bonchev–Trinajstić information content (AvgIpc) is 3.05. The molecular weight excluding hydrogens is 422 g/mol. The molecule has 0 radical (unpaired) electrons. The molecule has 2 heterocycles. The highest BCUT2D eigenvalue weighted by Gasteiger charge is 2.21. The Kier molecular flexibility index (Phi) is 6.94. The van der Waals surface area contributed by atoms with E-state index in [0.29, 0.717) is 6.54 Å². The van der Waals surface area contributed by atoms with E-state index in [0.717, 1.165) is 60.5 Å². The smallest absolute Gasteiger partial charge is 0.238 e. The molecule has 2 aromatic carbocycles. The number of carbonyl (C=O) groups excluding carboxylic acids is 1. The molecule has 32 heavy (non-hydrogen) atoms. The number of nitrogens with zero attached hydrogens (tertiary/aromatic N) is 4. The number of benzene rings is 2. The number of halogens is 1. The Balaban J connectivity index is 1.31. The highest BCUT2D eigenvalue weighted by atomic mass is 35.5. The van der Waals surface area contributed by atoms with E-state index < -0.39 is 0 Å². The lowest BCUT2D eigenvalue weighted by Crippen LogP contribution is -2.48. The molecule has 0 bridgehead atoms. The van der Waals surface area contributed by atoms with Gasteiger partial charge in [0.25, 0.3) is 0 Å². The third kappa shape index (κ3) is 5.38. The van der Waals surface area contributed by atoms with Crippen molar-refractivity contribution in [2.24, 2.45) is 0 Å². The van der Waals surface area contributed by atoms with Gasteiger partial charge in [0, 0.05) is 37.7 Å². The third-order valence-electron chi connectivity index (χ3n) is 5.99. The molecule has 0 atom stereocenters. The molecule has 1 aromatic heterocycles. The summed E-state index contributed by atoms with van der Waals surface area (Å²) in [6, 6.07) is 16.2. The summed E-state index contributed by atoms with van der Waals surface area (Å²) in [7, 11) is 0. The Morgan fingerprint density at radius 3 is 2.22 bits per heavy atom. The number of carbonyl (C=O) groups is 1. The van der Waals surface area contributed by atoms with Crippen molar-refractivity contribution >= 4 is 23.2 Å². The number of hydrogen-bond acceptors (Lipinski definition) is 4. The van der Waals surface area contributed by atoms with Crippen LogP contribution in [0.25, 0.3) is 5.69 Å². The van der Waals surface area contributed by atoms with Crippen molar-refractivity contribution in [1.82, 2.24) is 19.6 Å². The standard InChI is InChI=1S/C25H30ClN5O/c1-18-4-10-23(11-5-18)31-20(3)25(19(2)28-31)27-24(32)17-30-14-12-29(13-15-30)16-21-6-8-22(26)9-7-21/h4-11H,12-17H2,1-3H3,(H,27,32). The Bertz CT molecular complexity index is 1070. The van der Waals surface area contributed by atoms with Gasteiger partial charge in [0.1, 0.15) is 0 Å². The molecule has 0 spiro atoms. The minimum absolute atomic E-state index is 0.00538. The molecule has 1 N–H and O–H groups in total. The normalized spacial score (nSPS) is 15.1. The summed E-state index contributed by atoms with van der Waals surface area (Å²) >= 11 is 5.97. The fraction of sp³-hybridized carbons (Fsp3) is 0.360. The summed E-state index contributed by atoms with van der Waals surface area (Å²) in [5.41, 5.74) is 6.02. The molecule has 1 amide bonds. The molecule has 0 aliphatic carbocycles. The molecule has 0 saturated carbocycles. The van der Waals surface area contributed by atoms with Crippen molar-refractivity contribution in [1.29, 1.82) is 0 Å². The predicted octanol–water partition coefficient (Wildman–Crippen LogP) is 4.21. The first-order valence-corrected chi connectivity index (χ1v) is 11.4. The number of aryl methyl sites for hydroxylation is 2. The van der Waals surface area contributed by atoms with Crippen molar-refractivity contribution < 1.29 is 4.79 Å². The second kappa shape index (κ2) is 9.86. The van der Waals surface area contributed by atoms with Crippen LogP contribution in [0.1, 0.15) is 22.5 Å². The molecule has 1 fully saturated rings. The number of nitrogens with one attached hydrogen (secondary N) is 1. The van der Waals surface area contributed by atoms with E-state index in [1.165, 1.54) is 11.1 Å². The molecule has 168 valence electrons. The van der Waals surface area contributed by atoms with E-state index in [9.17, 15) is 4.79 Å². The van der Waals surface area contributed by atoms with Crippen LogP contribution in [-0.4, -0.2) is 58.2 Å². The summed E-state index contributed by atoms with van der Waals surface area (Å²) < 4.78 is 1.89. The third-order valence-corrected chi connectivity index (χ3v) is 6.24. The predicted molar refractivity (Wildman–Crippen MR) is 130 cm³/mol. The van der Waals surface area contributed by atoms with Gasteiger partial charge in [-0.25, -0.2) is 4.68 Å². The highest BCUT2D eigenvalue weighted by molar-refractivity contribution is 6.30. The Morgan fingerprint density at radius 2 is 1.56 bits per heavy atom. The lowest BCUT2D eigenvalue weighted by molar-refractivity contribution is -0.117.